The van der Waals surface area contributed by atoms with Crippen LogP contribution in [0, 0.1) is 19.8 Å². The predicted octanol–water partition coefficient (Wildman–Crippen LogP) is 5.08. The zero-order valence-corrected chi connectivity index (χ0v) is 14.7. The van der Waals surface area contributed by atoms with Gasteiger partial charge in [0, 0.05) is 18.0 Å². The van der Waals surface area contributed by atoms with Crippen molar-refractivity contribution in [3.8, 4) is 5.75 Å². The van der Waals surface area contributed by atoms with Gasteiger partial charge in [-0.05, 0) is 75.6 Å². The van der Waals surface area contributed by atoms with Crippen molar-refractivity contribution in [1.82, 2.24) is 5.32 Å². The summed E-state index contributed by atoms with van der Waals surface area (Å²) < 4.78 is 6.53. The molecule has 1 heterocycles. The van der Waals surface area contributed by atoms with E-state index in [0.717, 1.165) is 24.6 Å². The Hall–Kier alpha value is -1.02. The molecular weight excluding hydrogens is 270 g/mol. The van der Waals surface area contributed by atoms with Crippen LogP contribution < -0.4 is 10.1 Å². The Kier molecular flexibility index (Phi) is 4.49. The molecule has 1 aliphatic heterocycles. The number of aryl methyl sites for hydroxylation is 2. The van der Waals surface area contributed by atoms with Crippen molar-refractivity contribution >= 4 is 0 Å². The Bertz CT molecular complexity index is 529. The first-order valence-electron chi connectivity index (χ1n) is 9.03. The van der Waals surface area contributed by atoms with Crippen molar-refractivity contribution in [3.63, 3.8) is 0 Å². The van der Waals surface area contributed by atoms with Crippen LogP contribution >= 0.6 is 0 Å². The number of fused-ring (bicyclic) bond motifs is 1. The average molecular weight is 301 g/mol. The first-order chi connectivity index (χ1) is 10.5. The van der Waals surface area contributed by atoms with Crippen LogP contribution in [0.5, 0.6) is 5.75 Å². The van der Waals surface area contributed by atoms with E-state index < -0.39 is 0 Å². The summed E-state index contributed by atoms with van der Waals surface area (Å²) in [4.78, 5) is 0. The van der Waals surface area contributed by atoms with E-state index in [-0.39, 0.29) is 5.60 Å². The van der Waals surface area contributed by atoms with Gasteiger partial charge in [0.2, 0.25) is 0 Å². The highest BCUT2D eigenvalue weighted by molar-refractivity contribution is 5.45. The van der Waals surface area contributed by atoms with Gasteiger partial charge in [0.1, 0.15) is 11.4 Å². The van der Waals surface area contributed by atoms with Gasteiger partial charge in [-0.15, -0.1) is 0 Å². The fourth-order valence-electron chi connectivity index (χ4n) is 3.98. The SMILES string of the molecule is Cc1cc2c(cc1C)C(NCCC(C)C)CC1(CCCC1)O2. The zero-order valence-electron chi connectivity index (χ0n) is 14.7. The second-order valence-electron chi connectivity index (χ2n) is 7.86. The predicted molar refractivity (Wildman–Crippen MR) is 92.6 cm³/mol. The van der Waals surface area contributed by atoms with Crippen molar-refractivity contribution < 1.29 is 4.74 Å². The molecule has 0 bridgehead atoms. The summed E-state index contributed by atoms with van der Waals surface area (Å²) in [7, 11) is 0. The average Bonchev–Trinajstić information content (AvgIpc) is 2.88. The Morgan fingerprint density at radius 3 is 2.55 bits per heavy atom. The molecule has 0 amide bonds. The standard InChI is InChI=1S/C20H31NO/c1-14(2)7-10-21-18-13-20(8-5-6-9-20)22-19-12-16(4)15(3)11-17(18)19/h11-12,14,18,21H,5-10,13H2,1-4H3. The highest BCUT2D eigenvalue weighted by atomic mass is 16.5. The number of nitrogens with one attached hydrogen (secondary N) is 1. The molecule has 3 rings (SSSR count). The lowest BCUT2D eigenvalue weighted by molar-refractivity contribution is 0.0365. The minimum absolute atomic E-state index is 0.101. The molecule has 22 heavy (non-hydrogen) atoms. The first kappa shape index (κ1) is 15.9. The van der Waals surface area contributed by atoms with Gasteiger partial charge in [-0.2, -0.15) is 0 Å². The Morgan fingerprint density at radius 2 is 1.86 bits per heavy atom. The van der Waals surface area contributed by atoms with E-state index in [1.807, 2.05) is 0 Å². The number of hydrogen-bond donors (Lipinski definition) is 1. The Morgan fingerprint density at radius 1 is 1.18 bits per heavy atom. The fourth-order valence-corrected chi connectivity index (χ4v) is 3.98. The van der Waals surface area contributed by atoms with Gasteiger partial charge in [-0.1, -0.05) is 19.9 Å². The maximum Gasteiger partial charge on any atom is 0.125 e. The topological polar surface area (TPSA) is 21.3 Å². The molecule has 1 aromatic rings. The van der Waals surface area contributed by atoms with Crippen LogP contribution in [0.25, 0.3) is 0 Å². The summed E-state index contributed by atoms with van der Waals surface area (Å²) in [6.07, 6.45) is 7.46. The fraction of sp³-hybridized carbons (Fsp3) is 0.700. The van der Waals surface area contributed by atoms with Crippen molar-refractivity contribution in [1.29, 1.82) is 0 Å². The summed E-state index contributed by atoms with van der Waals surface area (Å²) in [6, 6.07) is 5.07. The summed E-state index contributed by atoms with van der Waals surface area (Å²) in [5.74, 6) is 1.89. The van der Waals surface area contributed by atoms with E-state index in [4.69, 9.17) is 4.74 Å². The number of ether oxygens (including phenoxy) is 1. The molecule has 1 aromatic carbocycles. The lowest BCUT2D eigenvalue weighted by Crippen LogP contribution is -2.42. The molecule has 122 valence electrons. The summed E-state index contributed by atoms with van der Waals surface area (Å²) in [5.41, 5.74) is 4.20. The number of benzene rings is 1. The molecule has 0 radical (unpaired) electrons. The highest BCUT2D eigenvalue weighted by Gasteiger charge is 2.43. The van der Waals surface area contributed by atoms with Crippen molar-refractivity contribution in [2.24, 2.45) is 5.92 Å². The molecule has 2 heteroatoms. The van der Waals surface area contributed by atoms with E-state index >= 15 is 0 Å². The summed E-state index contributed by atoms with van der Waals surface area (Å²) >= 11 is 0. The monoisotopic (exact) mass is 301 g/mol. The van der Waals surface area contributed by atoms with Crippen LogP contribution in [0.1, 0.15) is 75.1 Å². The third kappa shape index (κ3) is 3.17. The van der Waals surface area contributed by atoms with E-state index in [9.17, 15) is 0 Å². The van der Waals surface area contributed by atoms with Crippen LogP contribution in [-0.2, 0) is 0 Å². The lowest BCUT2D eigenvalue weighted by Gasteiger charge is -2.41. The van der Waals surface area contributed by atoms with Gasteiger partial charge in [-0.3, -0.25) is 0 Å². The van der Waals surface area contributed by atoms with E-state index in [1.54, 1.807) is 0 Å². The largest absolute Gasteiger partial charge is 0.487 e. The Balaban J connectivity index is 1.85. The Labute approximate surface area is 135 Å². The number of hydrogen-bond acceptors (Lipinski definition) is 2. The van der Waals surface area contributed by atoms with E-state index in [2.05, 4.69) is 45.1 Å². The maximum absolute atomic E-state index is 6.53. The minimum Gasteiger partial charge on any atom is -0.487 e. The van der Waals surface area contributed by atoms with Crippen LogP contribution in [0.3, 0.4) is 0 Å². The lowest BCUT2D eigenvalue weighted by atomic mass is 9.84. The molecular formula is C20H31NO. The molecule has 2 aliphatic rings. The highest BCUT2D eigenvalue weighted by Crippen LogP contribution is 2.47. The van der Waals surface area contributed by atoms with E-state index in [1.165, 1.54) is 48.8 Å². The van der Waals surface area contributed by atoms with Crippen molar-refractivity contribution in [2.45, 2.75) is 77.9 Å². The molecule has 1 fully saturated rings. The van der Waals surface area contributed by atoms with E-state index in [0.29, 0.717) is 6.04 Å². The van der Waals surface area contributed by atoms with Crippen LogP contribution in [0.2, 0.25) is 0 Å². The number of rotatable bonds is 4. The molecule has 1 N–H and O–H groups in total. The van der Waals surface area contributed by atoms with Gasteiger partial charge in [0.05, 0.1) is 0 Å². The maximum atomic E-state index is 6.53. The zero-order chi connectivity index (χ0) is 15.7. The second-order valence-corrected chi connectivity index (χ2v) is 7.86. The van der Waals surface area contributed by atoms with Gasteiger partial charge < -0.3 is 10.1 Å². The van der Waals surface area contributed by atoms with Gasteiger partial charge in [0.15, 0.2) is 0 Å². The normalized spacial score (nSPS) is 22.9. The van der Waals surface area contributed by atoms with Crippen LogP contribution in [0.15, 0.2) is 12.1 Å². The van der Waals surface area contributed by atoms with Gasteiger partial charge in [0.25, 0.3) is 0 Å². The molecule has 0 saturated heterocycles. The molecule has 0 aromatic heterocycles. The van der Waals surface area contributed by atoms with Crippen molar-refractivity contribution in [2.75, 3.05) is 6.54 Å². The van der Waals surface area contributed by atoms with Gasteiger partial charge >= 0.3 is 0 Å². The molecule has 1 saturated carbocycles. The van der Waals surface area contributed by atoms with Crippen molar-refractivity contribution in [3.05, 3.63) is 28.8 Å². The summed E-state index contributed by atoms with van der Waals surface area (Å²) in [6.45, 7) is 10.1. The molecule has 1 spiro atoms. The first-order valence-corrected chi connectivity index (χ1v) is 9.03. The molecule has 1 aliphatic carbocycles. The van der Waals surface area contributed by atoms with Crippen LogP contribution in [-0.4, -0.2) is 12.1 Å². The quantitative estimate of drug-likeness (QED) is 0.837. The molecule has 1 unspecified atom stereocenters. The minimum atomic E-state index is 0.101. The second kappa shape index (κ2) is 6.23. The molecule has 1 atom stereocenters. The third-order valence-electron chi connectivity index (χ3n) is 5.53. The van der Waals surface area contributed by atoms with Gasteiger partial charge in [-0.25, -0.2) is 0 Å². The third-order valence-corrected chi connectivity index (χ3v) is 5.53. The van der Waals surface area contributed by atoms with Crippen LogP contribution in [0.4, 0.5) is 0 Å². The summed E-state index contributed by atoms with van der Waals surface area (Å²) in [5, 5.41) is 3.83. The molecule has 2 nitrogen and oxygen atoms in total. The smallest absolute Gasteiger partial charge is 0.125 e.